The van der Waals surface area contributed by atoms with Crippen LogP contribution in [0.1, 0.15) is 17.0 Å². The summed E-state index contributed by atoms with van der Waals surface area (Å²) in [5.74, 6) is -0.0748. The van der Waals surface area contributed by atoms with Crippen molar-refractivity contribution in [3.8, 4) is 17.6 Å². The van der Waals surface area contributed by atoms with Gasteiger partial charge in [0.2, 0.25) is 5.88 Å². The number of hydrogen-bond donors (Lipinski definition) is 2. The topological polar surface area (TPSA) is 79.3 Å². The van der Waals surface area contributed by atoms with Gasteiger partial charge in [-0.25, -0.2) is 0 Å². The summed E-state index contributed by atoms with van der Waals surface area (Å²) >= 11 is 6.11. The normalized spacial score (nSPS) is 16.2. The van der Waals surface area contributed by atoms with Crippen LogP contribution < -0.4 is 10.5 Å². The zero-order chi connectivity index (χ0) is 17.6. The van der Waals surface area contributed by atoms with Crippen LogP contribution in [0.15, 0.2) is 66.1 Å². The molecule has 3 aromatic rings. The third-order valence-electron chi connectivity index (χ3n) is 4.42. The van der Waals surface area contributed by atoms with Gasteiger partial charge in [-0.2, -0.15) is 5.26 Å². The van der Waals surface area contributed by atoms with Gasteiger partial charge in [0, 0.05) is 11.6 Å². The highest BCUT2D eigenvalue weighted by Gasteiger charge is 2.32. The van der Waals surface area contributed by atoms with Crippen molar-refractivity contribution in [2.24, 2.45) is 5.73 Å². The maximum atomic E-state index is 9.88. The first-order valence-electron chi connectivity index (χ1n) is 7.68. The molecule has 1 aliphatic heterocycles. The standard InChI is InChI=1S/C20H13ClN2O2/c21-16-8-14-18(9-17(16)24)25-20(23)15(10-22)19(14)13-7-3-5-11-4-1-2-6-12(11)13/h1-9,19,24H,23H2. The van der Waals surface area contributed by atoms with Gasteiger partial charge in [-0.15, -0.1) is 0 Å². The minimum Gasteiger partial charge on any atom is -0.506 e. The SMILES string of the molecule is N#CC1=C(N)Oc2cc(O)c(Cl)cc2C1c1cccc2ccccc12. The second-order valence-electron chi connectivity index (χ2n) is 5.83. The summed E-state index contributed by atoms with van der Waals surface area (Å²) in [5, 5.41) is 21.8. The van der Waals surface area contributed by atoms with E-state index in [2.05, 4.69) is 6.07 Å². The molecule has 1 heterocycles. The molecule has 5 heteroatoms. The van der Waals surface area contributed by atoms with Crippen LogP contribution in [0.4, 0.5) is 0 Å². The summed E-state index contributed by atoms with van der Waals surface area (Å²) in [6.45, 7) is 0. The molecule has 0 aliphatic carbocycles. The molecule has 0 amide bonds. The van der Waals surface area contributed by atoms with E-state index in [1.165, 1.54) is 6.07 Å². The van der Waals surface area contributed by atoms with Crippen molar-refractivity contribution in [3.05, 3.63) is 82.2 Å². The van der Waals surface area contributed by atoms with Crippen molar-refractivity contribution in [1.29, 1.82) is 5.26 Å². The molecule has 122 valence electrons. The number of fused-ring (bicyclic) bond motifs is 2. The van der Waals surface area contributed by atoms with Crippen LogP contribution in [0.2, 0.25) is 5.02 Å². The summed E-state index contributed by atoms with van der Waals surface area (Å²) in [6, 6.07) is 19.1. The average Bonchev–Trinajstić information content (AvgIpc) is 2.62. The Hall–Kier alpha value is -3.16. The van der Waals surface area contributed by atoms with Crippen LogP contribution in [-0.2, 0) is 0 Å². The number of allylic oxidation sites excluding steroid dienone is 1. The lowest BCUT2D eigenvalue weighted by Crippen LogP contribution is -2.21. The first kappa shape index (κ1) is 15.4. The van der Waals surface area contributed by atoms with Gasteiger partial charge in [0.15, 0.2) is 0 Å². The van der Waals surface area contributed by atoms with Crippen molar-refractivity contribution in [2.45, 2.75) is 5.92 Å². The number of phenolic OH excluding ortho intramolecular Hbond substituents is 1. The second kappa shape index (κ2) is 5.73. The van der Waals surface area contributed by atoms with Crippen LogP contribution in [0, 0.1) is 11.3 Å². The van der Waals surface area contributed by atoms with Gasteiger partial charge in [0.05, 0.1) is 10.9 Å². The lowest BCUT2D eigenvalue weighted by molar-refractivity contribution is 0.388. The van der Waals surface area contributed by atoms with Crippen molar-refractivity contribution >= 4 is 22.4 Å². The van der Waals surface area contributed by atoms with E-state index in [9.17, 15) is 10.4 Å². The summed E-state index contributed by atoms with van der Waals surface area (Å²) in [4.78, 5) is 0. The molecule has 0 bridgehead atoms. The van der Waals surface area contributed by atoms with E-state index in [0.29, 0.717) is 16.9 Å². The van der Waals surface area contributed by atoms with E-state index >= 15 is 0 Å². The molecule has 25 heavy (non-hydrogen) atoms. The molecule has 0 radical (unpaired) electrons. The molecule has 4 nitrogen and oxygen atoms in total. The monoisotopic (exact) mass is 348 g/mol. The molecule has 1 unspecified atom stereocenters. The van der Waals surface area contributed by atoms with E-state index in [4.69, 9.17) is 22.1 Å². The summed E-state index contributed by atoms with van der Waals surface area (Å²) in [7, 11) is 0. The van der Waals surface area contributed by atoms with Gasteiger partial charge < -0.3 is 15.6 Å². The number of halogens is 1. The van der Waals surface area contributed by atoms with Crippen LogP contribution in [0.5, 0.6) is 11.5 Å². The lowest BCUT2D eigenvalue weighted by atomic mass is 9.81. The Labute approximate surface area is 149 Å². The molecule has 0 fully saturated rings. The molecule has 1 aliphatic rings. The molecule has 0 saturated carbocycles. The predicted molar refractivity (Wildman–Crippen MR) is 96.4 cm³/mol. The van der Waals surface area contributed by atoms with Gasteiger partial charge in [-0.3, -0.25) is 0 Å². The molecule has 4 rings (SSSR count). The average molecular weight is 349 g/mol. The zero-order valence-electron chi connectivity index (χ0n) is 13.0. The molecule has 0 saturated heterocycles. The van der Waals surface area contributed by atoms with Crippen molar-refractivity contribution < 1.29 is 9.84 Å². The van der Waals surface area contributed by atoms with E-state index < -0.39 is 5.92 Å². The highest BCUT2D eigenvalue weighted by Crippen LogP contribution is 2.46. The van der Waals surface area contributed by atoms with Crippen molar-refractivity contribution in [3.63, 3.8) is 0 Å². The first-order chi connectivity index (χ1) is 12.1. The number of nitrogens with zero attached hydrogens (tertiary/aromatic N) is 1. The zero-order valence-corrected chi connectivity index (χ0v) is 13.8. The Kier molecular flexibility index (Phi) is 3.52. The van der Waals surface area contributed by atoms with Gasteiger partial charge in [-0.1, -0.05) is 54.1 Å². The van der Waals surface area contributed by atoms with Gasteiger partial charge in [0.1, 0.15) is 23.1 Å². The Bertz CT molecular complexity index is 1080. The molecular formula is C20H13ClN2O2. The van der Waals surface area contributed by atoms with Gasteiger partial charge >= 0.3 is 0 Å². The maximum Gasteiger partial charge on any atom is 0.205 e. The van der Waals surface area contributed by atoms with Gasteiger partial charge in [-0.05, 0) is 22.4 Å². The first-order valence-corrected chi connectivity index (χ1v) is 8.05. The largest absolute Gasteiger partial charge is 0.506 e. The second-order valence-corrected chi connectivity index (χ2v) is 6.24. The highest BCUT2D eigenvalue weighted by atomic mass is 35.5. The van der Waals surface area contributed by atoms with E-state index in [1.807, 2.05) is 42.5 Å². The number of ether oxygens (including phenoxy) is 1. The molecule has 3 N–H and O–H groups in total. The maximum absolute atomic E-state index is 9.88. The number of aromatic hydroxyl groups is 1. The summed E-state index contributed by atoms with van der Waals surface area (Å²) in [5.41, 5.74) is 7.94. The predicted octanol–water partition coefficient (Wildman–Crippen LogP) is 4.42. The Morgan fingerprint density at radius 1 is 1.08 bits per heavy atom. The highest BCUT2D eigenvalue weighted by molar-refractivity contribution is 6.32. The molecular weight excluding hydrogens is 336 g/mol. The van der Waals surface area contributed by atoms with Crippen LogP contribution in [-0.4, -0.2) is 5.11 Å². The third kappa shape index (κ3) is 2.37. The minimum absolute atomic E-state index is 0.0367. The van der Waals surface area contributed by atoms with Crippen LogP contribution >= 0.6 is 11.6 Å². The number of nitrogens with two attached hydrogens (primary N) is 1. The summed E-state index contributed by atoms with van der Waals surface area (Å²) < 4.78 is 5.55. The Balaban J connectivity index is 2.05. The van der Waals surface area contributed by atoms with E-state index in [0.717, 1.165) is 16.3 Å². The number of nitriles is 1. The minimum atomic E-state index is -0.419. The number of hydrogen-bond acceptors (Lipinski definition) is 4. The van der Waals surface area contributed by atoms with Crippen molar-refractivity contribution in [1.82, 2.24) is 0 Å². The Morgan fingerprint density at radius 3 is 2.64 bits per heavy atom. The summed E-state index contributed by atoms with van der Waals surface area (Å²) in [6.07, 6.45) is 0. The van der Waals surface area contributed by atoms with E-state index in [-0.39, 0.29) is 16.7 Å². The third-order valence-corrected chi connectivity index (χ3v) is 4.72. The lowest BCUT2D eigenvalue weighted by Gasteiger charge is -2.27. The van der Waals surface area contributed by atoms with Crippen LogP contribution in [0.25, 0.3) is 10.8 Å². The molecule has 0 spiro atoms. The fourth-order valence-electron chi connectivity index (χ4n) is 3.29. The number of rotatable bonds is 1. The van der Waals surface area contributed by atoms with E-state index in [1.54, 1.807) is 6.07 Å². The van der Waals surface area contributed by atoms with Crippen molar-refractivity contribution in [2.75, 3.05) is 0 Å². The quantitative estimate of drug-likeness (QED) is 0.682. The van der Waals surface area contributed by atoms with Gasteiger partial charge in [0.25, 0.3) is 0 Å². The number of phenols is 1. The fourth-order valence-corrected chi connectivity index (χ4v) is 3.46. The molecule has 3 aromatic carbocycles. The molecule has 0 aromatic heterocycles. The smallest absolute Gasteiger partial charge is 0.205 e. The van der Waals surface area contributed by atoms with Crippen LogP contribution in [0.3, 0.4) is 0 Å². The number of benzene rings is 3. The molecule has 1 atom stereocenters. The fraction of sp³-hybridized carbons (Fsp3) is 0.0500. The Morgan fingerprint density at radius 2 is 1.84 bits per heavy atom.